The molecule has 0 aliphatic rings. The Morgan fingerprint density at radius 1 is 0.759 bits per heavy atom. The number of unbranched alkanes of at least 4 members (excludes halogenated alkanes) is 7. The lowest BCUT2D eigenvalue weighted by molar-refractivity contribution is -0.757. The molecule has 0 heterocycles. The summed E-state index contributed by atoms with van der Waals surface area (Å²) >= 11 is 10.3. The van der Waals surface area contributed by atoms with Gasteiger partial charge >= 0.3 is 5.97 Å². The third-order valence-corrected chi connectivity index (χ3v) is 4.11. The summed E-state index contributed by atoms with van der Waals surface area (Å²) in [6.07, 6.45) is 9.77. The number of nitrogens with zero attached hydrogens (tertiary/aromatic N) is 1. The Hall–Kier alpha value is -1.41. The number of carbonyl (C=O) groups is 3. The van der Waals surface area contributed by atoms with E-state index in [1.807, 2.05) is 0 Å². The highest BCUT2D eigenvalue weighted by Crippen LogP contribution is 2.05. The molecule has 8 nitrogen and oxygen atoms in total. The first kappa shape index (κ1) is 29.8. The molecule has 0 atom stereocenters. The summed E-state index contributed by atoms with van der Waals surface area (Å²) in [5.41, 5.74) is 0. The largest absolute Gasteiger partial charge is 0.466 e. The standard InChI is InChI=1S/C12H20ClNO6.C7H13ClO/c13-11(15)7-3-1-5-9-19-12(16)8-4-2-6-10-20-14(17)18;1-2-3-4-5-6-7(8)9/h1-10H2;2-6H2,1H3. The fourth-order valence-electron chi connectivity index (χ4n) is 2.18. The molecule has 0 fully saturated rings. The van der Waals surface area contributed by atoms with Crippen LogP contribution in [0.15, 0.2) is 0 Å². The van der Waals surface area contributed by atoms with Crippen molar-refractivity contribution in [3.8, 4) is 0 Å². The minimum absolute atomic E-state index is 0.0569. The second kappa shape index (κ2) is 22.9. The third kappa shape index (κ3) is 31.5. The zero-order valence-electron chi connectivity index (χ0n) is 17.2. The smallest absolute Gasteiger partial charge is 0.305 e. The van der Waals surface area contributed by atoms with Gasteiger partial charge in [0.2, 0.25) is 10.5 Å². The number of halogens is 2. The van der Waals surface area contributed by atoms with Gasteiger partial charge < -0.3 is 9.57 Å². The minimum atomic E-state index is -0.827. The van der Waals surface area contributed by atoms with Crippen molar-refractivity contribution in [2.45, 2.75) is 90.4 Å². The van der Waals surface area contributed by atoms with Crippen molar-refractivity contribution < 1.29 is 29.0 Å². The van der Waals surface area contributed by atoms with Gasteiger partial charge in [0.15, 0.2) is 0 Å². The van der Waals surface area contributed by atoms with E-state index in [0.29, 0.717) is 58.0 Å². The Morgan fingerprint density at radius 3 is 1.72 bits per heavy atom. The molecular weight excluding hydrogens is 425 g/mol. The minimum Gasteiger partial charge on any atom is -0.466 e. The lowest BCUT2D eigenvalue weighted by atomic mass is 10.2. The van der Waals surface area contributed by atoms with Crippen molar-refractivity contribution in [3.63, 3.8) is 0 Å². The Morgan fingerprint density at radius 2 is 1.24 bits per heavy atom. The SMILES string of the molecule is CCCCCCC(=O)Cl.O=C(Cl)CCCCCOC(=O)CCCCCO[N+](=O)[O-]. The fraction of sp³-hybridized carbons (Fsp3) is 0.842. The molecule has 0 saturated heterocycles. The van der Waals surface area contributed by atoms with Gasteiger partial charge in [0, 0.05) is 19.3 Å². The van der Waals surface area contributed by atoms with Gasteiger partial charge in [-0.2, -0.15) is 0 Å². The molecule has 0 unspecified atom stereocenters. The van der Waals surface area contributed by atoms with Crippen LogP contribution >= 0.6 is 23.2 Å². The van der Waals surface area contributed by atoms with Crippen LogP contribution in [-0.2, 0) is 24.0 Å². The zero-order valence-corrected chi connectivity index (χ0v) is 18.7. The summed E-state index contributed by atoms with van der Waals surface area (Å²) in [7, 11) is 0. The van der Waals surface area contributed by atoms with Gasteiger partial charge in [0.05, 0.1) is 13.2 Å². The first-order chi connectivity index (χ1) is 13.8. The van der Waals surface area contributed by atoms with Crippen LogP contribution < -0.4 is 0 Å². The van der Waals surface area contributed by atoms with Crippen LogP contribution in [-0.4, -0.2) is 34.8 Å². The predicted molar refractivity (Wildman–Crippen MR) is 111 cm³/mol. The number of rotatable bonds is 18. The lowest BCUT2D eigenvalue weighted by Crippen LogP contribution is -2.06. The molecule has 0 N–H and O–H groups in total. The van der Waals surface area contributed by atoms with E-state index >= 15 is 0 Å². The van der Waals surface area contributed by atoms with Crippen molar-refractivity contribution in [1.82, 2.24) is 0 Å². The maximum atomic E-state index is 11.3. The van der Waals surface area contributed by atoms with Crippen LogP contribution in [0.2, 0.25) is 0 Å². The van der Waals surface area contributed by atoms with Crippen molar-refractivity contribution in [2.75, 3.05) is 13.2 Å². The molecule has 0 aromatic heterocycles. The van der Waals surface area contributed by atoms with Crippen LogP contribution in [0.1, 0.15) is 90.4 Å². The first-order valence-electron chi connectivity index (χ1n) is 10.1. The molecule has 0 aromatic carbocycles. The Kier molecular flexibility index (Phi) is 23.5. The van der Waals surface area contributed by atoms with Crippen LogP contribution in [0.3, 0.4) is 0 Å². The highest BCUT2D eigenvalue weighted by atomic mass is 35.5. The summed E-state index contributed by atoms with van der Waals surface area (Å²) in [5.74, 6) is -0.270. The summed E-state index contributed by atoms with van der Waals surface area (Å²) in [4.78, 5) is 45.9. The summed E-state index contributed by atoms with van der Waals surface area (Å²) < 4.78 is 5.00. The van der Waals surface area contributed by atoms with Crippen molar-refractivity contribution in [1.29, 1.82) is 0 Å². The number of carbonyl (C=O) groups excluding carboxylic acids is 3. The molecule has 0 saturated carbocycles. The van der Waals surface area contributed by atoms with Crippen molar-refractivity contribution in [3.05, 3.63) is 10.1 Å². The maximum absolute atomic E-state index is 11.3. The monoisotopic (exact) mass is 457 g/mol. The molecule has 0 aromatic rings. The van der Waals surface area contributed by atoms with Crippen LogP contribution in [0.5, 0.6) is 0 Å². The second-order valence-corrected chi connectivity index (χ2v) is 7.26. The molecule has 170 valence electrons. The van der Waals surface area contributed by atoms with Gasteiger partial charge in [0.1, 0.15) is 0 Å². The van der Waals surface area contributed by atoms with E-state index in [4.69, 9.17) is 27.9 Å². The molecule has 0 bridgehead atoms. The number of hydrogen-bond acceptors (Lipinski definition) is 7. The Bertz CT molecular complexity index is 434. The second-order valence-electron chi connectivity index (χ2n) is 6.42. The van der Waals surface area contributed by atoms with E-state index in [1.54, 1.807) is 0 Å². The number of esters is 1. The molecule has 0 radical (unpaired) electrons. The average molecular weight is 458 g/mol. The van der Waals surface area contributed by atoms with Gasteiger partial charge in [-0.15, -0.1) is 10.1 Å². The molecule has 10 heteroatoms. The average Bonchev–Trinajstić information content (AvgIpc) is 2.64. The van der Waals surface area contributed by atoms with E-state index in [-0.39, 0.29) is 23.1 Å². The normalized spacial score (nSPS) is 9.90. The third-order valence-electron chi connectivity index (χ3n) is 3.73. The molecule has 0 aliphatic heterocycles. The fourth-order valence-corrected chi connectivity index (χ4v) is 2.45. The van der Waals surface area contributed by atoms with Crippen molar-refractivity contribution in [2.24, 2.45) is 0 Å². The van der Waals surface area contributed by atoms with Gasteiger partial charge in [-0.3, -0.25) is 14.4 Å². The van der Waals surface area contributed by atoms with Crippen LogP contribution in [0, 0.1) is 10.1 Å². The highest BCUT2D eigenvalue weighted by Gasteiger charge is 2.03. The van der Waals surface area contributed by atoms with E-state index in [1.165, 1.54) is 12.8 Å². The lowest BCUT2D eigenvalue weighted by Gasteiger charge is -2.04. The van der Waals surface area contributed by atoms with Gasteiger partial charge in [0.25, 0.3) is 5.09 Å². The van der Waals surface area contributed by atoms with E-state index in [0.717, 1.165) is 19.3 Å². The zero-order chi connectivity index (χ0) is 22.3. The molecule has 29 heavy (non-hydrogen) atoms. The van der Waals surface area contributed by atoms with E-state index < -0.39 is 5.09 Å². The highest BCUT2D eigenvalue weighted by molar-refractivity contribution is 6.63. The quantitative estimate of drug-likeness (QED) is 0.0895. The number of hydrogen-bond donors (Lipinski definition) is 0. The maximum Gasteiger partial charge on any atom is 0.305 e. The van der Waals surface area contributed by atoms with Crippen LogP contribution in [0.25, 0.3) is 0 Å². The molecule has 0 amide bonds. The molecular formula is C19H33Cl2NO7. The van der Waals surface area contributed by atoms with Crippen molar-refractivity contribution >= 4 is 39.7 Å². The topological polar surface area (TPSA) is 113 Å². The van der Waals surface area contributed by atoms with E-state index in [9.17, 15) is 24.5 Å². The molecule has 0 rings (SSSR count). The summed E-state index contributed by atoms with van der Waals surface area (Å²) in [6.45, 7) is 2.55. The number of ether oxygens (including phenoxy) is 1. The molecule has 0 spiro atoms. The van der Waals surface area contributed by atoms with Gasteiger partial charge in [-0.1, -0.05) is 32.6 Å². The summed E-state index contributed by atoms with van der Waals surface area (Å²) in [6, 6.07) is 0. The van der Waals surface area contributed by atoms with E-state index in [2.05, 4.69) is 11.8 Å². The Labute approximate surface area is 182 Å². The molecule has 0 aliphatic carbocycles. The summed E-state index contributed by atoms with van der Waals surface area (Å²) in [5, 5.41) is 8.48. The van der Waals surface area contributed by atoms with Crippen LogP contribution in [0.4, 0.5) is 0 Å². The predicted octanol–water partition coefficient (Wildman–Crippen LogP) is 5.35. The Balaban J connectivity index is 0. The first-order valence-corrected chi connectivity index (χ1v) is 10.8. The van der Waals surface area contributed by atoms with Gasteiger partial charge in [-0.05, 0) is 61.7 Å². The van der Waals surface area contributed by atoms with Gasteiger partial charge in [-0.25, -0.2) is 0 Å².